The summed E-state index contributed by atoms with van der Waals surface area (Å²) in [5.74, 6) is -0.101. The molecule has 1 amide bonds. The predicted molar refractivity (Wildman–Crippen MR) is 106 cm³/mol. The molecule has 3 aromatic rings. The number of carbonyl (C=O) groups is 2. The van der Waals surface area contributed by atoms with Crippen LogP contribution in [0, 0.1) is 6.92 Å². The Morgan fingerprint density at radius 2 is 1.70 bits per heavy atom. The topological polar surface area (TPSA) is 84.0 Å². The van der Waals surface area contributed by atoms with E-state index in [4.69, 9.17) is 11.6 Å². The number of aromatic nitrogens is 2. The maximum absolute atomic E-state index is 12.5. The van der Waals surface area contributed by atoms with Gasteiger partial charge in [0.25, 0.3) is 5.91 Å². The number of ketones is 1. The van der Waals surface area contributed by atoms with Crippen LogP contribution in [0.2, 0.25) is 5.02 Å². The molecule has 0 atom stereocenters. The van der Waals surface area contributed by atoms with Crippen molar-refractivity contribution in [3.8, 4) is 0 Å². The number of halogens is 1. The standard InChI is InChI=1S/C20H17ClN4O2/c1-12-10-18(19(27)23-16-8-6-14(7-9-16)13(2)26)25-20(22-12)24-17-5-3-4-15(21)11-17/h3-11H,1-2H3,(H,23,27)(H,22,24,25). The number of hydrogen-bond donors (Lipinski definition) is 2. The Morgan fingerprint density at radius 1 is 0.963 bits per heavy atom. The lowest BCUT2D eigenvalue weighted by molar-refractivity contribution is 0.101. The maximum atomic E-state index is 12.5. The van der Waals surface area contributed by atoms with E-state index in [0.717, 1.165) is 5.69 Å². The van der Waals surface area contributed by atoms with Gasteiger partial charge in [0.05, 0.1) is 0 Å². The van der Waals surface area contributed by atoms with Gasteiger partial charge in [0.1, 0.15) is 5.69 Å². The molecule has 0 spiro atoms. The van der Waals surface area contributed by atoms with E-state index in [-0.39, 0.29) is 17.4 Å². The number of aryl methyl sites for hydroxylation is 1. The Kier molecular flexibility index (Phi) is 5.47. The van der Waals surface area contributed by atoms with Crippen LogP contribution in [-0.4, -0.2) is 21.7 Å². The first-order chi connectivity index (χ1) is 12.9. The SMILES string of the molecule is CC(=O)c1ccc(NC(=O)c2cc(C)nc(Nc3cccc(Cl)c3)n2)cc1. The molecule has 0 aliphatic carbocycles. The van der Waals surface area contributed by atoms with Crippen LogP contribution in [-0.2, 0) is 0 Å². The number of hydrogen-bond acceptors (Lipinski definition) is 5. The van der Waals surface area contributed by atoms with Crippen molar-refractivity contribution in [3.63, 3.8) is 0 Å². The molecule has 2 N–H and O–H groups in total. The molecule has 0 aliphatic rings. The van der Waals surface area contributed by atoms with Crippen molar-refractivity contribution in [3.05, 3.63) is 76.6 Å². The molecule has 136 valence electrons. The summed E-state index contributed by atoms with van der Waals surface area (Å²) in [6.07, 6.45) is 0. The number of anilines is 3. The normalized spacial score (nSPS) is 10.3. The molecule has 0 unspecified atom stereocenters. The van der Waals surface area contributed by atoms with E-state index in [0.29, 0.717) is 27.9 Å². The van der Waals surface area contributed by atoms with Crippen molar-refractivity contribution >= 4 is 40.6 Å². The summed E-state index contributed by atoms with van der Waals surface area (Å²) in [4.78, 5) is 32.4. The lowest BCUT2D eigenvalue weighted by Gasteiger charge is -2.09. The van der Waals surface area contributed by atoms with Crippen molar-refractivity contribution in [2.45, 2.75) is 13.8 Å². The molecule has 3 rings (SSSR count). The van der Waals surface area contributed by atoms with Gasteiger partial charge in [-0.25, -0.2) is 9.97 Å². The Balaban J connectivity index is 1.78. The number of benzene rings is 2. The summed E-state index contributed by atoms with van der Waals surface area (Å²) >= 11 is 5.98. The van der Waals surface area contributed by atoms with Gasteiger partial charge < -0.3 is 10.6 Å². The second kappa shape index (κ2) is 7.97. The third-order valence-corrected chi connectivity index (χ3v) is 3.95. The average molecular weight is 381 g/mol. The van der Waals surface area contributed by atoms with Crippen LogP contribution in [0.4, 0.5) is 17.3 Å². The van der Waals surface area contributed by atoms with Crippen LogP contribution < -0.4 is 10.6 Å². The van der Waals surface area contributed by atoms with Crippen LogP contribution in [0.1, 0.15) is 33.5 Å². The number of carbonyl (C=O) groups excluding carboxylic acids is 2. The molecule has 1 aromatic heterocycles. The molecular weight excluding hydrogens is 364 g/mol. The number of nitrogens with zero attached hydrogens (tertiary/aromatic N) is 2. The Labute approximate surface area is 161 Å². The molecule has 0 bridgehead atoms. The lowest BCUT2D eigenvalue weighted by Crippen LogP contribution is -2.15. The van der Waals surface area contributed by atoms with Gasteiger partial charge in [0, 0.05) is 27.7 Å². The number of Topliss-reactive ketones (excluding diaryl/α,β-unsaturated/α-hetero) is 1. The minimum atomic E-state index is -0.370. The third-order valence-electron chi connectivity index (χ3n) is 3.72. The van der Waals surface area contributed by atoms with E-state index in [1.165, 1.54) is 6.92 Å². The zero-order chi connectivity index (χ0) is 19.4. The van der Waals surface area contributed by atoms with Crippen LogP contribution in [0.5, 0.6) is 0 Å². The van der Waals surface area contributed by atoms with Crippen LogP contribution >= 0.6 is 11.6 Å². The zero-order valence-electron chi connectivity index (χ0n) is 14.8. The van der Waals surface area contributed by atoms with E-state index < -0.39 is 0 Å². The summed E-state index contributed by atoms with van der Waals surface area (Å²) in [6, 6.07) is 15.4. The van der Waals surface area contributed by atoms with Crippen molar-refractivity contribution in [1.82, 2.24) is 9.97 Å². The van der Waals surface area contributed by atoms with E-state index in [2.05, 4.69) is 20.6 Å². The molecule has 1 heterocycles. The van der Waals surface area contributed by atoms with Crippen molar-refractivity contribution in [2.75, 3.05) is 10.6 Å². The first kappa shape index (κ1) is 18.5. The molecule has 0 radical (unpaired) electrons. The fraction of sp³-hybridized carbons (Fsp3) is 0.100. The highest BCUT2D eigenvalue weighted by Gasteiger charge is 2.12. The van der Waals surface area contributed by atoms with Gasteiger partial charge in [0.2, 0.25) is 5.95 Å². The summed E-state index contributed by atoms with van der Waals surface area (Å²) in [6.45, 7) is 3.27. The van der Waals surface area contributed by atoms with Crippen LogP contribution in [0.15, 0.2) is 54.6 Å². The molecule has 6 nitrogen and oxygen atoms in total. The maximum Gasteiger partial charge on any atom is 0.274 e. The fourth-order valence-electron chi connectivity index (χ4n) is 2.42. The fourth-order valence-corrected chi connectivity index (χ4v) is 2.61. The first-order valence-electron chi connectivity index (χ1n) is 8.21. The molecule has 0 saturated heterocycles. The Morgan fingerprint density at radius 3 is 2.37 bits per heavy atom. The van der Waals surface area contributed by atoms with Crippen molar-refractivity contribution in [2.24, 2.45) is 0 Å². The van der Waals surface area contributed by atoms with E-state index in [1.54, 1.807) is 55.5 Å². The second-order valence-corrected chi connectivity index (χ2v) is 6.38. The van der Waals surface area contributed by atoms with Gasteiger partial charge in [0.15, 0.2) is 5.78 Å². The predicted octanol–water partition coefficient (Wildman–Crippen LogP) is 4.64. The molecule has 0 saturated carbocycles. The number of nitrogens with one attached hydrogen (secondary N) is 2. The molecule has 2 aromatic carbocycles. The quantitative estimate of drug-likeness (QED) is 0.630. The van der Waals surface area contributed by atoms with Gasteiger partial charge in [-0.15, -0.1) is 0 Å². The van der Waals surface area contributed by atoms with E-state index in [1.807, 2.05) is 6.07 Å². The Hall–Kier alpha value is -3.25. The Bertz CT molecular complexity index is 1000. The summed E-state index contributed by atoms with van der Waals surface area (Å²) < 4.78 is 0. The molecule has 0 aliphatic heterocycles. The lowest BCUT2D eigenvalue weighted by atomic mass is 10.1. The molecule has 0 fully saturated rings. The van der Waals surface area contributed by atoms with Gasteiger partial charge in [-0.1, -0.05) is 17.7 Å². The average Bonchev–Trinajstić information content (AvgIpc) is 2.61. The van der Waals surface area contributed by atoms with Gasteiger partial charge in [-0.05, 0) is 62.4 Å². The highest BCUT2D eigenvalue weighted by molar-refractivity contribution is 6.30. The van der Waals surface area contributed by atoms with E-state index in [9.17, 15) is 9.59 Å². The monoisotopic (exact) mass is 380 g/mol. The highest BCUT2D eigenvalue weighted by Crippen LogP contribution is 2.19. The third kappa shape index (κ3) is 4.89. The summed E-state index contributed by atoms with van der Waals surface area (Å²) in [7, 11) is 0. The largest absolute Gasteiger partial charge is 0.324 e. The molecular formula is C20H17ClN4O2. The van der Waals surface area contributed by atoms with Gasteiger partial charge >= 0.3 is 0 Å². The zero-order valence-corrected chi connectivity index (χ0v) is 15.5. The first-order valence-corrected chi connectivity index (χ1v) is 8.59. The van der Waals surface area contributed by atoms with Crippen molar-refractivity contribution < 1.29 is 9.59 Å². The molecule has 7 heteroatoms. The number of rotatable bonds is 5. The van der Waals surface area contributed by atoms with E-state index >= 15 is 0 Å². The summed E-state index contributed by atoms with van der Waals surface area (Å²) in [5.41, 5.74) is 2.75. The van der Waals surface area contributed by atoms with Crippen LogP contribution in [0.3, 0.4) is 0 Å². The van der Waals surface area contributed by atoms with Gasteiger partial charge in [-0.2, -0.15) is 0 Å². The van der Waals surface area contributed by atoms with Crippen LogP contribution in [0.25, 0.3) is 0 Å². The summed E-state index contributed by atoms with van der Waals surface area (Å²) in [5, 5.41) is 6.39. The molecule has 27 heavy (non-hydrogen) atoms. The minimum Gasteiger partial charge on any atom is -0.324 e. The van der Waals surface area contributed by atoms with Crippen molar-refractivity contribution in [1.29, 1.82) is 0 Å². The number of amides is 1. The van der Waals surface area contributed by atoms with Gasteiger partial charge in [-0.3, -0.25) is 9.59 Å². The second-order valence-electron chi connectivity index (χ2n) is 5.94. The minimum absolute atomic E-state index is 0.0315. The smallest absolute Gasteiger partial charge is 0.274 e. The highest BCUT2D eigenvalue weighted by atomic mass is 35.5.